The average Bonchev–Trinajstić information content (AvgIpc) is 3.42. The fraction of sp³-hybridized carbons (Fsp3) is 0.542. The van der Waals surface area contributed by atoms with Gasteiger partial charge in [-0.15, -0.1) is 11.8 Å². The summed E-state index contributed by atoms with van der Waals surface area (Å²) in [6.45, 7) is 8.77. The Bertz CT molecular complexity index is 791. The van der Waals surface area contributed by atoms with Gasteiger partial charge in [0.15, 0.2) is 0 Å². The number of nitrogens with zero attached hydrogens (tertiary/aromatic N) is 3. The van der Waals surface area contributed by atoms with Gasteiger partial charge in [-0.1, -0.05) is 50.1 Å². The Hall–Kier alpha value is -1.88. The minimum absolute atomic E-state index is 0.0599. The summed E-state index contributed by atoms with van der Waals surface area (Å²) in [7, 11) is 0. The highest BCUT2D eigenvalue weighted by Crippen LogP contribution is 2.37. The van der Waals surface area contributed by atoms with Crippen molar-refractivity contribution in [3.05, 3.63) is 47.2 Å². The number of hydrogen-bond acceptors (Lipinski definition) is 4. The van der Waals surface area contributed by atoms with Crippen molar-refractivity contribution in [3.63, 3.8) is 0 Å². The first-order valence-corrected chi connectivity index (χ1v) is 11.7. The Morgan fingerprint density at radius 3 is 2.52 bits per heavy atom. The number of benzene rings is 1. The monoisotopic (exact) mass is 411 g/mol. The van der Waals surface area contributed by atoms with Crippen LogP contribution in [0.5, 0.6) is 0 Å². The zero-order valence-electron chi connectivity index (χ0n) is 18.1. The van der Waals surface area contributed by atoms with Gasteiger partial charge in [0.25, 0.3) is 5.91 Å². The van der Waals surface area contributed by atoms with Crippen molar-refractivity contribution in [3.8, 4) is 0 Å². The van der Waals surface area contributed by atoms with Crippen LogP contribution in [0.25, 0.3) is 0 Å². The minimum Gasteiger partial charge on any atom is -0.330 e. The van der Waals surface area contributed by atoms with E-state index >= 15 is 0 Å². The Balaban J connectivity index is 1.78. The fourth-order valence-electron chi connectivity index (χ4n) is 4.01. The molecule has 1 saturated carbocycles. The highest BCUT2D eigenvalue weighted by molar-refractivity contribution is 8.12. The van der Waals surface area contributed by atoms with Crippen molar-refractivity contribution in [2.24, 2.45) is 9.98 Å². The second-order valence-corrected chi connectivity index (χ2v) is 9.03. The van der Waals surface area contributed by atoms with Crippen molar-refractivity contribution in [1.29, 1.82) is 0 Å². The molecule has 0 radical (unpaired) electrons. The molecule has 1 aromatic rings. The molecule has 0 spiro atoms. The van der Waals surface area contributed by atoms with E-state index in [-0.39, 0.29) is 5.91 Å². The van der Waals surface area contributed by atoms with Gasteiger partial charge in [0.1, 0.15) is 5.70 Å². The molecule has 2 atom stereocenters. The Labute approximate surface area is 179 Å². The van der Waals surface area contributed by atoms with Gasteiger partial charge in [-0.3, -0.25) is 14.8 Å². The van der Waals surface area contributed by atoms with Gasteiger partial charge in [0.05, 0.1) is 16.8 Å². The topological polar surface area (TPSA) is 45.0 Å². The molecule has 1 aliphatic heterocycles. The van der Waals surface area contributed by atoms with Crippen LogP contribution >= 0.6 is 11.8 Å². The quantitative estimate of drug-likeness (QED) is 0.412. The zero-order chi connectivity index (χ0) is 20.8. The maximum absolute atomic E-state index is 13.4. The van der Waals surface area contributed by atoms with Crippen molar-refractivity contribution in [2.45, 2.75) is 83.7 Å². The third-order valence-corrected chi connectivity index (χ3v) is 7.15. The predicted molar refractivity (Wildman–Crippen MR) is 125 cm³/mol. The SMILES string of the molecule is C/C=C(\N=C(/C)CC)C(=O)N(Cc1ccc(C2SC=NC2C)cc1)C1CCCC1. The average molecular weight is 412 g/mol. The van der Waals surface area contributed by atoms with Gasteiger partial charge < -0.3 is 4.90 Å². The molecule has 5 heteroatoms. The molecule has 0 saturated heterocycles. The van der Waals surface area contributed by atoms with Crippen molar-refractivity contribution >= 4 is 28.9 Å². The third-order valence-electron chi connectivity index (χ3n) is 5.94. The molecule has 1 aliphatic carbocycles. The van der Waals surface area contributed by atoms with E-state index in [0.717, 1.165) is 25.0 Å². The van der Waals surface area contributed by atoms with Crippen LogP contribution in [0.3, 0.4) is 0 Å². The van der Waals surface area contributed by atoms with Crippen LogP contribution in [0.1, 0.15) is 76.2 Å². The second kappa shape index (κ2) is 10.2. The first-order chi connectivity index (χ1) is 14.0. The lowest BCUT2D eigenvalue weighted by Gasteiger charge is -2.29. The molecule has 3 rings (SSSR count). The molecular formula is C24H33N3OS. The van der Waals surface area contributed by atoms with E-state index in [9.17, 15) is 4.79 Å². The van der Waals surface area contributed by atoms with Crippen LogP contribution in [0.2, 0.25) is 0 Å². The molecule has 2 aliphatic rings. The van der Waals surface area contributed by atoms with Gasteiger partial charge in [0.2, 0.25) is 0 Å². The van der Waals surface area contributed by atoms with E-state index in [1.807, 2.05) is 25.5 Å². The molecule has 0 N–H and O–H groups in total. The number of amides is 1. The Morgan fingerprint density at radius 2 is 1.97 bits per heavy atom. The van der Waals surface area contributed by atoms with E-state index < -0.39 is 0 Å². The van der Waals surface area contributed by atoms with Gasteiger partial charge in [-0.05, 0) is 51.2 Å². The summed E-state index contributed by atoms with van der Waals surface area (Å²) in [4.78, 5) is 24.5. The van der Waals surface area contributed by atoms with Gasteiger partial charge in [0, 0.05) is 18.3 Å². The molecule has 156 valence electrons. The van der Waals surface area contributed by atoms with Crippen LogP contribution in [0.4, 0.5) is 0 Å². The lowest BCUT2D eigenvalue weighted by atomic mass is 10.0. The number of rotatable bonds is 7. The third kappa shape index (κ3) is 5.39. The number of carbonyl (C=O) groups is 1. The number of thioether (sulfide) groups is 1. The van der Waals surface area contributed by atoms with E-state index in [4.69, 9.17) is 0 Å². The molecule has 0 aromatic heterocycles. The Morgan fingerprint density at radius 1 is 1.28 bits per heavy atom. The standard InChI is InChI=1S/C24H33N3OS/c1-5-17(3)26-22(6-2)24(28)27(21-9-7-8-10-21)15-19-11-13-20(14-12-19)23-18(4)25-16-29-23/h6,11-14,16,18,21,23H,5,7-10,15H2,1-4H3/b22-6-,26-17+. The zero-order valence-corrected chi connectivity index (χ0v) is 18.9. The van der Waals surface area contributed by atoms with Gasteiger partial charge >= 0.3 is 0 Å². The number of allylic oxidation sites excluding steroid dienone is 1. The lowest BCUT2D eigenvalue weighted by molar-refractivity contribution is -0.130. The molecule has 1 aromatic carbocycles. The van der Waals surface area contributed by atoms with Gasteiger partial charge in [-0.2, -0.15) is 0 Å². The summed E-state index contributed by atoms with van der Waals surface area (Å²) in [6, 6.07) is 9.38. The largest absolute Gasteiger partial charge is 0.330 e. The van der Waals surface area contributed by atoms with Crippen LogP contribution in [0.15, 0.2) is 46.0 Å². The predicted octanol–water partition coefficient (Wildman–Crippen LogP) is 5.94. The molecule has 2 unspecified atom stereocenters. The number of aliphatic imine (C=N–C) groups is 2. The van der Waals surface area contributed by atoms with E-state index in [0.29, 0.717) is 29.6 Å². The van der Waals surface area contributed by atoms with Crippen LogP contribution in [-0.2, 0) is 11.3 Å². The second-order valence-electron chi connectivity index (χ2n) is 8.04. The smallest absolute Gasteiger partial charge is 0.272 e. The van der Waals surface area contributed by atoms with Crippen molar-refractivity contribution in [1.82, 2.24) is 4.90 Å². The molecule has 0 bridgehead atoms. The first kappa shape index (κ1) is 21.8. The summed E-state index contributed by atoms with van der Waals surface area (Å²) < 4.78 is 0. The Kier molecular flexibility index (Phi) is 7.70. The molecule has 1 amide bonds. The van der Waals surface area contributed by atoms with Crippen LogP contribution in [-0.4, -0.2) is 34.1 Å². The lowest BCUT2D eigenvalue weighted by Crippen LogP contribution is -2.39. The van der Waals surface area contributed by atoms with Crippen molar-refractivity contribution < 1.29 is 4.79 Å². The van der Waals surface area contributed by atoms with Crippen molar-refractivity contribution in [2.75, 3.05) is 0 Å². The molecular weight excluding hydrogens is 378 g/mol. The first-order valence-electron chi connectivity index (χ1n) is 10.8. The number of carbonyl (C=O) groups excluding carboxylic acids is 1. The van der Waals surface area contributed by atoms with Crippen LogP contribution < -0.4 is 0 Å². The minimum atomic E-state index is 0.0599. The van der Waals surface area contributed by atoms with Crippen LogP contribution in [0, 0.1) is 0 Å². The maximum Gasteiger partial charge on any atom is 0.272 e. The van der Waals surface area contributed by atoms with E-state index in [1.54, 1.807) is 11.8 Å². The van der Waals surface area contributed by atoms with E-state index in [2.05, 4.69) is 53.0 Å². The van der Waals surface area contributed by atoms with Gasteiger partial charge in [-0.25, -0.2) is 0 Å². The normalized spacial score (nSPS) is 23.0. The summed E-state index contributed by atoms with van der Waals surface area (Å²) in [6.07, 6.45) is 7.29. The fourth-order valence-corrected chi connectivity index (χ4v) is 5.01. The molecule has 1 fully saturated rings. The molecule has 1 heterocycles. The van der Waals surface area contributed by atoms with E-state index in [1.165, 1.54) is 24.0 Å². The maximum atomic E-state index is 13.4. The highest BCUT2D eigenvalue weighted by atomic mass is 32.2. The molecule has 29 heavy (non-hydrogen) atoms. The highest BCUT2D eigenvalue weighted by Gasteiger charge is 2.29. The summed E-state index contributed by atoms with van der Waals surface area (Å²) in [5, 5.41) is 0.401. The number of hydrogen-bond donors (Lipinski definition) is 0. The summed E-state index contributed by atoms with van der Waals surface area (Å²) in [5.74, 6) is 0.0599. The molecule has 4 nitrogen and oxygen atoms in total. The summed E-state index contributed by atoms with van der Waals surface area (Å²) in [5.41, 5.74) is 6.01. The summed E-state index contributed by atoms with van der Waals surface area (Å²) >= 11 is 1.78.